The summed E-state index contributed by atoms with van der Waals surface area (Å²) in [7, 11) is 0. The summed E-state index contributed by atoms with van der Waals surface area (Å²) in [5.74, 6) is 0.740. The van der Waals surface area contributed by atoms with E-state index in [1.165, 1.54) is 49.7 Å². The zero-order valence-corrected chi connectivity index (χ0v) is 17.2. The Morgan fingerprint density at radius 1 is 0.571 bits per heavy atom. The van der Waals surface area contributed by atoms with E-state index >= 15 is 0 Å². The van der Waals surface area contributed by atoms with E-state index < -0.39 is 0 Å². The largest absolute Gasteiger partial charge is 0.255 e. The molecule has 0 saturated heterocycles. The lowest BCUT2D eigenvalue weighted by Crippen LogP contribution is -1.94. The molecule has 0 aliphatic carbocycles. The molecule has 1 aromatic carbocycles. The smallest absolute Gasteiger partial charge is 0.160 e. The van der Waals surface area contributed by atoms with Gasteiger partial charge in [0.05, 0.1) is 5.69 Å². The van der Waals surface area contributed by atoms with Gasteiger partial charge in [0, 0.05) is 29.7 Å². The zero-order chi connectivity index (χ0) is 19.6. The van der Waals surface area contributed by atoms with Gasteiger partial charge in [-0.2, -0.15) is 0 Å². The van der Waals surface area contributed by atoms with Gasteiger partial charge >= 0.3 is 0 Å². The second kappa shape index (κ2) is 10.7. The number of benzene rings is 1. The third-order valence-electron chi connectivity index (χ3n) is 5.11. The summed E-state index contributed by atoms with van der Waals surface area (Å²) in [6.07, 6.45) is 15.5. The summed E-state index contributed by atoms with van der Waals surface area (Å²) in [5.41, 5.74) is 5.71. The molecule has 28 heavy (non-hydrogen) atoms. The molecule has 2 heterocycles. The van der Waals surface area contributed by atoms with E-state index in [9.17, 15) is 0 Å². The Morgan fingerprint density at radius 2 is 1.18 bits per heavy atom. The Morgan fingerprint density at radius 3 is 1.75 bits per heavy atom. The molecule has 0 atom stereocenters. The van der Waals surface area contributed by atoms with E-state index in [1.807, 2.05) is 18.6 Å². The first kappa shape index (κ1) is 20.2. The maximum absolute atomic E-state index is 4.63. The van der Waals surface area contributed by atoms with Crippen molar-refractivity contribution in [3.63, 3.8) is 0 Å². The van der Waals surface area contributed by atoms with Crippen LogP contribution in [0.5, 0.6) is 0 Å². The van der Waals surface area contributed by atoms with Gasteiger partial charge in [0.15, 0.2) is 5.82 Å². The standard InChI is InChI=1S/C25H31N3/c1-3-5-7-9-20-11-13-22(14-12-20)24-16-15-23(19-26-24)25-27-17-21(18-28-25)10-8-6-4-2/h11-19H,3-10H2,1-2H3. The van der Waals surface area contributed by atoms with Crippen molar-refractivity contribution in [1.82, 2.24) is 15.0 Å². The van der Waals surface area contributed by atoms with Crippen LogP contribution in [0, 0.1) is 0 Å². The first-order chi connectivity index (χ1) is 13.8. The highest BCUT2D eigenvalue weighted by Crippen LogP contribution is 2.21. The topological polar surface area (TPSA) is 38.7 Å². The molecule has 146 valence electrons. The van der Waals surface area contributed by atoms with E-state index in [0.29, 0.717) is 0 Å². The normalized spacial score (nSPS) is 10.9. The van der Waals surface area contributed by atoms with Crippen molar-refractivity contribution in [2.45, 2.75) is 65.2 Å². The van der Waals surface area contributed by atoms with Gasteiger partial charge in [-0.05, 0) is 48.9 Å². The van der Waals surface area contributed by atoms with Crippen LogP contribution in [0.15, 0.2) is 55.0 Å². The Balaban J connectivity index is 1.63. The number of rotatable bonds is 10. The van der Waals surface area contributed by atoms with Crippen LogP contribution in [-0.4, -0.2) is 15.0 Å². The van der Waals surface area contributed by atoms with Crippen LogP contribution in [0.4, 0.5) is 0 Å². The Kier molecular flexibility index (Phi) is 7.71. The molecule has 0 unspecified atom stereocenters. The fourth-order valence-electron chi connectivity index (χ4n) is 3.33. The van der Waals surface area contributed by atoms with Gasteiger partial charge in [-0.1, -0.05) is 63.8 Å². The van der Waals surface area contributed by atoms with Crippen molar-refractivity contribution in [2.75, 3.05) is 0 Å². The van der Waals surface area contributed by atoms with Crippen LogP contribution in [0.3, 0.4) is 0 Å². The predicted molar refractivity (Wildman–Crippen MR) is 117 cm³/mol. The SMILES string of the molecule is CCCCCc1ccc(-c2ccc(-c3ncc(CCCCC)cn3)cn2)cc1. The van der Waals surface area contributed by atoms with Crippen LogP contribution >= 0.6 is 0 Å². The van der Waals surface area contributed by atoms with E-state index in [4.69, 9.17) is 0 Å². The number of pyridine rings is 1. The molecule has 3 aromatic rings. The number of aryl methyl sites for hydroxylation is 2. The van der Waals surface area contributed by atoms with Gasteiger partial charge in [-0.3, -0.25) is 4.98 Å². The number of hydrogen-bond donors (Lipinski definition) is 0. The fraction of sp³-hybridized carbons (Fsp3) is 0.400. The molecule has 2 aromatic heterocycles. The molecule has 0 spiro atoms. The first-order valence-electron chi connectivity index (χ1n) is 10.7. The van der Waals surface area contributed by atoms with Crippen molar-refractivity contribution in [3.8, 4) is 22.6 Å². The summed E-state index contributed by atoms with van der Waals surface area (Å²) in [6.45, 7) is 4.46. The summed E-state index contributed by atoms with van der Waals surface area (Å²) in [5, 5.41) is 0. The molecule has 0 fully saturated rings. The van der Waals surface area contributed by atoms with Crippen molar-refractivity contribution >= 4 is 0 Å². The van der Waals surface area contributed by atoms with E-state index in [-0.39, 0.29) is 0 Å². The van der Waals surface area contributed by atoms with Crippen LogP contribution < -0.4 is 0 Å². The minimum absolute atomic E-state index is 0.740. The number of hydrogen-bond acceptors (Lipinski definition) is 3. The average molecular weight is 374 g/mol. The second-order valence-corrected chi connectivity index (χ2v) is 7.46. The Labute approximate surface area is 169 Å². The van der Waals surface area contributed by atoms with E-state index in [1.54, 1.807) is 0 Å². The Bertz CT molecular complexity index is 749. The van der Waals surface area contributed by atoms with Crippen molar-refractivity contribution < 1.29 is 0 Å². The summed E-state index contributed by atoms with van der Waals surface area (Å²) in [6, 6.07) is 12.9. The highest BCUT2D eigenvalue weighted by molar-refractivity contribution is 5.63. The number of unbranched alkanes of at least 4 members (excludes halogenated alkanes) is 4. The van der Waals surface area contributed by atoms with Gasteiger partial charge in [-0.25, -0.2) is 9.97 Å². The molecule has 3 rings (SSSR count). The number of nitrogens with zero attached hydrogens (tertiary/aromatic N) is 3. The van der Waals surface area contributed by atoms with Gasteiger partial charge in [-0.15, -0.1) is 0 Å². The van der Waals surface area contributed by atoms with Crippen molar-refractivity contribution in [3.05, 3.63) is 66.1 Å². The lowest BCUT2D eigenvalue weighted by Gasteiger charge is -2.06. The molecular formula is C25H31N3. The van der Waals surface area contributed by atoms with Crippen LogP contribution in [-0.2, 0) is 12.8 Å². The third-order valence-corrected chi connectivity index (χ3v) is 5.11. The molecule has 0 N–H and O–H groups in total. The monoisotopic (exact) mass is 373 g/mol. The molecule has 0 amide bonds. The highest BCUT2D eigenvalue weighted by Gasteiger charge is 2.05. The first-order valence-corrected chi connectivity index (χ1v) is 10.7. The summed E-state index contributed by atoms with van der Waals surface area (Å²) >= 11 is 0. The molecule has 0 radical (unpaired) electrons. The van der Waals surface area contributed by atoms with Crippen LogP contribution in [0.2, 0.25) is 0 Å². The minimum Gasteiger partial charge on any atom is -0.255 e. The van der Waals surface area contributed by atoms with E-state index in [0.717, 1.165) is 35.5 Å². The minimum atomic E-state index is 0.740. The second-order valence-electron chi connectivity index (χ2n) is 7.46. The maximum Gasteiger partial charge on any atom is 0.160 e. The average Bonchev–Trinajstić information content (AvgIpc) is 2.75. The molecule has 0 aliphatic rings. The number of aromatic nitrogens is 3. The zero-order valence-electron chi connectivity index (χ0n) is 17.2. The lowest BCUT2D eigenvalue weighted by molar-refractivity contribution is 0.714. The molecule has 3 heteroatoms. The van der Waals surface area contributed by atoms with Gasteiger partial charge in [0.1, 0.15) is 0 Å². The van der Waals surface area contributed by atoms with E-state index in [2.05, 4.69) is 65.2 Å². The molecule has 0 saturated carbocycles. The lowest BCUT2D eigenvalue weighted by atomic mass is 10.0. The molecule has 0 aliphatic heterocycles. The third kappa shape index (κ3) is 5.72. The Hall–Kier alpha value is -2.55. The molecule has 0 bridgehead atoms. The maximum atomic E-state index is 4.63. The van der Waals surface area contributed by atoms with Gasteiger partial charge in [0.2, 0.25) is 0 Å². The van der Waals surface area contributed by atoms with Gasteiger partial charge < -0.3 is 0 Å². The van der Waals surface area contributed by atoms with Crippen LogP contribution in [0.1, 0.15) is 63.5 Å². The summed E-state index contributed by atoms with van der Waals surface area (Å²) in [4.78, 5) is 13.7. The van der Waals surface area contributed by atoms with Crippen LogP contribution in [0.25, 0.3) is 22.6 Å². The summed E-state index contributed by atoms with van der Waals surface area (Å²) < 4.78 is 0. The molecular weight excluding hydrogens is 342 g/mol. The molecule has 3 nitrogen and oxygen atoms in total. The van der Waals surface area contributed by atoms with Crippen molar-refractivity contribution in [2.24, 2.45) is 0 Å². The van der Waals surface area contributed by atoms with Gasteiger partial charge in [0.25, 0.3) is 0 Å². The fourth-order valence-corrected chi connectivity index (χ4v) is 3.33. The van der Waals surface area contributed by atoms with Crippen molar-refractivity contribution in [1.29, 1.82) is 0 Å². The predicted octanol–water partition coefficient (Wildman–Crippen LogP) is 6.67. The quantitative estimate of drug-likeness (QED) is 0.372. The highest BCUT2D eigenvalue weighted by atomic mass is 14.9.